The third-order valence-electron chi connectivity index (χ3n) is 2.30. The highest BCUT2D eigenvalue weighted by Crippen LogP contribution is 2.15. The van der Waals surface area contributed by atoms with Gasteiger partial charge in [0.2, 0.25) is 10.0 Å². The van der Waals surface area contributed by atoms with Crippen LogP contribution >= 0.6 is 11.6 Å². The normalized spacial score (nSPS) is 11.2. The summed E-state index contributed by atoms with van der Waals surface area (Å²) in [4.78, 5) is 8.24. The first-order valence-corrected chi connectivity index (χ1v) is 7.73. The van der Waals surface area contributed by atoms with Crippen molar-refractivity contribution in [2.24, 2.45) is 0 Å². The Morgan fingerprint density at radius 3 is 2.32 bits per heavy atom. The van der Waals surface area contributed by atoms with E-state index in [2.05, 4.69) is 14.7 Å². The van der Waals surface area contributed by atoms with E-state index in [1.54, 1.807) is 0 Å². The number of benzene rings is 1. The molecule has 5 nitrogen and oxygen atoms in total. The van der Waals surface area contributed by atoms with Gasteiger partial charge in [0, 0.05) is 11.4 Å². The Balaban J connectivity index is 2.16. The zero-order chi connectivity index (χ0) is 13.7. The van der Waals surface area contributed by atoms with Gasteiger partial charge in [-0.2, -0.15) is 0 Å². The molecule has 0 aliphatic heterocycles. The summed E-state index contributed by atoms with van der Waals surface area (Å²) in [6.07, 6.45) is 2.86. The van der Waals surface area contributed by atoms with Crippen molar-refractivity contribution in [1.29, 1.82) is 0 Å². The van der Waals surface area contributed by atoms with Gasteiger partial charge >= 0.3 is 0 Å². The molecule has 0 amide bonds. The molecule has 0 atom stereocenters. The number of hydrogen-bond acceptors (Lipinski definition) is 4. The SMILES string of the molecule is O=S(=O)(CCCl)Nc1cnc(-c2ccccc2)nc1. The van der Waals surface area contributed by atoms with Gasteiger partial charge in [-0.05, 0) is 0 Å². The molecule has 1 heterocycles. The predicted octanol–water partition coefficient (Wildman–Crippen LogP) is 2.12. The standard InChI is InChI=1S/C12H12ClN3O2S/c13-6-7-19(17,18)16-11-8-14-12(15-9-11)10-4-2-1-3-5-10/h1-5,8-9,16H,6-7H2. The number of aromatic nitrogens is 2. The number of sulfonamides is 1. The van der Waals surface area contributed by atoms with Crippen LogP contribution in [0.5, 0.6) is 0 Å². The molecule has 19 heavy (non-hydrogen) atoms. The number of nitrogens with zero attached hydrogens (tertiary/aromatic N) is 2. The number of nitrogens with one attached hydrogen (secondary N) is 1. The van der Waals surface area contributed by atoms with Gasteiger partial charge in [0.25, 0.3) is 0 Å². The number of alkyl halides is 1. The Morgan fingerprint density at radius 1 is 1.11 bits per heavy atom. The molecule has 0 bridgehead atoms. The maximum Gasteiger partial charge on any atom is 0.234 e. The number of halogens is 1. The van der Waals surface area contributed by atoms with Crippen molar-refractivity contribution in [2.75, 3.05) is 16.4 Å². The highest BCUT2D eigenvalue weighted by Gasteiger charge is 2.10. The minimum Gasteiger partial charge on any atom is -0.280 e. The van der Waals surface area contributed by atoms with Gasteiger partial charge in [0.05, 0.1) is 23.8 Å². The van der Waals surface area contributed by atoms with E-state index >= 15 is 0 Å². The third kappa shape index (κ3) is 3.90. The summed E-state index contributed by atoms with van der Waals surface area (Å²) in [6.45, 7) is 0. The first kappa shape index (κ1) is 13.8. The highest BCUT2D eigenvalue weighted by molar-refractivity contribution is 7.92. The van der Waals surface area contributed by atoms with Crippen molar-refractivity contribution in [3.63, 3.8) is 0 Å². The minimum atomic E-state index is -3.42. The Bertz CT molecular complexity index is 630. The van der Waals surface area contributed by atoms with Crippen LogP contribution in [0.2, 0.25) is 0 Å². The van der Waals surface area contributed by atoms with Crippen molar-refractivity contribution in [1.82, 2.24) is 9.97 Å². The molecule has 0 unspecified atom stereocenters. The molecule has 0 spiro atoms. The van der Waals surface area contributed by atoms with Crippen molar-refractivity contribution in [3.8, 4) is 11.4 Å². The minimum absolute atomic E-state index is 0.0400. The largest absolute Gasteiger partial charge is 0.280 e. The lowest BCUT2D eigenvalue weighted by Gasteiger charge is -2.06. The Kier molecular flexibility index (Phi) is 4.34. The van der Waals surface area contributed by atoms with E-state index in [4.69, 9.17) is 11.6 Å². The highest BCUT2D eigenvalue weighted by atomic mass is 35.5. The Hall–Kier alpha value is -1.66. The lowest BCUT2D eigenvalue weighted by Crippen LogP contribution is -2.17. The molecule has 0 radical (unpaired) electrons. The molecule has 7 heteroatoms. The van der Waals surface area contributed by atoms with E-state index in [9.17, 15) is 8.42 Å². The summed E-state index contributed by atoms with van der Waals surface area (Å²) < 4.78 is 25.4. The summed E-state index contributed by atoms with van der Waals surface area (Å²) in [6, 6.07) is 9.43. The molecular weight excluding hydrogens is 286 g/mol. The van der Waals surface area contributed by atoms with Gasteiger partial charge in [0.1, 0.15) is 0 Å². The van der Waals surface area contributed by atoms with Crippen LogP contribution in [0, 0.1) is 0 Å². The molecule has 2 rings (SSSR count). The summed E-state index contributed by atoms with van der Waals surface area (Å²) >= 11 is 5.41. The fourth-order valence-electron chi connectivity index (χ4n) is 1.45. The molecular formula is C12H12ClN3O2S. The van der Waals surface area contributed by atoms with Gasteiger partial charge in [-0.3, -0.25) is 4.72 Å². The molecule has 0 aliphatic carbocycles. The van der Waals surface area contributed by atoms with Gasteiger partial charge in [-0.15, -0.1) is 11.6 Å². The van der Waals surface area contributed by atoms with Gasteiger partial charge in [-0.25, -0.2) is 18.4 Å². The van der Waals surface area contributed by atoms with Gasteiger partial charge < -0.3 is 0 Å². The Labute approximate surface area is 116 Å². The molecule has 100 valence electrons. The average Bonchev–Trinajstić information content (AvgIpc) is 2.40. The molecule has 1 N–H and O–H groups in total. The third-order valence-corrected chi connectivity index (χ3v) is 4.00. The van der Waals surface area contributed by atoms with Crippen molar-refractivity contribution < 1.29 is 8.42 Å². The smallest absolute Gasteiger partial charge is 0.234 e. The van der Waals surface area contributed by atoms with Crippen molar-refractivity contribution in [3.05, 3.63) is 42.7 Å². The van der Waals surface area contributed by atoms with E-state index in [0.29, 0.717) is 11.5 Å². The summed E-state index contributed by atoms with van der Waals surface area (Å²) in [5.74, 6) is 0.439. The van der Waals surface area contributed by atoms with Crippen LogP contribution in [0.3, 0.4) is 0 Å². The second kappa shape index (κ2) is 5.99. The van der Waals surface area contributed by atoms with Crippen LogP contribution in [0.15, 0.2) is 42.7 Å². The molecule has 1 aromatic carbocycles. The van der Waals surface area contributed by atoms with E-state index in [-0.39, 0.29) is 11.6 Å². The van der Waals surface area contributed by atoms with Crippen molar-refractivity contribution >= 4 is 27.3 Å². The fraction of sp³-hybridized carbons (Fsp3) is 0.167. The predicted molar refractivity (Wildman–Crippen MR) is 75.6 cm³/mol. The fourth-order valence-corrected chi connectivity index (χ4v) is 2.83. The number of hydrogen-bond donors (Lipinski definition) is 1. The summed E-state index contributed by atoms with van der Waals surface area (Å²) in [5.41, 5.74) is 1.20. The topological polar surface area (TPSA) is 72.0 Å². The first-order valence-electron chi connectivity index (χ1n) is 5.55. The van der Waals surface area contributed by atoms with Gasteiger partial charge in [-0.1, -0.05) is 30.3 Å². The van der Waals surface area contributed by atoms with Crippen LogP contribution in [0.4, 0.5) is 5.69 Å². The molecule has 2 aromatic rings. The number of anilines is 1. The van der Waals surface area contributed by atoms with E-state index < -0.39 is 10.0 Å². The lowest BCUT2D eigenvalue weighted by molar-refractivity contribution is 0.602. The van der Waals surface area contributed by atoms with Crippen LogP contribution in [0.1, 0.15) is 0 Å². The van der Waals surface area contributed by atoms with Crippen LogP contribution in [-0.2, 0) is 10.0 Å². The van der Waals surface area contributed by atoms with E-state index in [0.717, 1.165) is 5.56 Å². The number of rotatable bonds is 5. The summed E-state index contributed by atoms with van der Waals surface area (Å²) in [5, 5.41) is 0. The maximum atomic E-state index is 11.5. The lowest BCUT2D eigenvalue weighted by atomic mass is 10.2. The van der Waals surface area contributed by atoms with Crippen molar-refractivity contribution in [2.45, 2.75) is 0 Å². The zero-order valence-corrected chi connectivity index (χ0v) is 11.5. The zero-order valence-electron chi connectivity index (χ0n) is 9.95. The quantitative estimate of drug-likeness (QED) is 0.858. The molecule has 0 aliphatic rings. The van der Waals surface area contributed by atoms with Gasteiger partial charge in [0.15, 0.2) is 5.82 Å². The molecule has 0 saturated heterocycles. The average molecular weight is 298 g/mol. The molecule has 1 aromatic heterocycles. The van der Waals surface area contributed by atoms with E-state index in [1.807, 2.05) is 30.3 Å². The Morgan fingerprint density at radius 2 is 1.74 bits per heavy atom. The second-order valence-corrected chi connectivity index (χ2v) is 5.99. The monoisotopic (exact) mass is 297 g/mol. The first-order chi connectivity index (χ1) is 9.11. The van der Waals surface area contributed by atoms with Crippen LogP contribution < -0.4 is 4.72 Å². The molecule has 0 fully saturated rings. The second-order valence-electron chi connectivity index (χ2n) is 3.77. The maximum absolute atomic E-state index is 11.5. The molecule has 0 saturated carbocycles. The van der Waals surface area contributed by atoms with Crippen LogP contribution in [0.25, 0.3) is 11.4 Å². The van der Waals surface area contributed by atoms with Crippen LogP contribution in [-0.4, -0.2) is 30.0 Å². The summed E-state index contributed by atoms with van der Waals surface area (Å²) in [7, 11) is -3.42. The van der Waals surface area contributed by atoms with E-state index in [1.165, 1.54) is 12.4 Å².